The van der Waals surface area contributed by atoms with Crippen molar-refractivity contribution >= 4 is 39.1 Å². The van der Waals surface area contributed by atoms with Gasteiger partial charge in [-0.05, 0) is 31.2 Å². The Kier molecular flexibility index (Phi) is 3.89. The molecule has 3 aromatic heterocycles. The van der Waals surface area contributed by atoms with Gasteiger partial charge in [0, 0.05) is 24.8 Å². The molecule has 1 atom stereocenters. The minimum atomic E-state index is -0.0700. The van der Waals surface area contributed by atoms with Crippen LogP contribution in [-0.4, -0.2) is 39.2 Å². The molecule has 1 fully saturated rings. The van der Waals surface area contributed by atoms with Crippen molar-refractivity contribution in [3.8, 4) is 0 Å². The summed E-state index contributed by atoms with van der Waals surface area (Å²) in [6, 6.07) is 3.88. The number of hydrogen-bond acceptors (Lipinski definition) is 6. The Balaban J connectivity index is 1.51. The standard InChI is InChI=1S/C16H18N6OS/c1-10-7-13(21-20-10)19-15(23)11-3-2-5-22(8-11)14-12-4-6-24-16(12)18-9-17-14/h4,6-7,9,11H,2-3,5,8H2,1H3,(H2,19,20,21,23). The summed E-state index contributed by atoms with van der Waals surface area (Å²) in [5, 5.41) is 12.9. The third kappa shape index (κ3) is 2.84. The number of aromatic nitrogens is 4. The van der Waals surface area contributed by atoms with E-state index in [0.29, 0.717) is 12.4 Å². The highest BCUT2D eigenvalue weighted by Crippen LogP contribution is 2.30. The molecule has 1 unspecified atom stereocenters. The zero-order valence-electron chi connectivity index (χ0n) is 13.3. The maximum atomic E-state index is 12.5. The van der Waals surface area contributed by atoms with Gasteiger partial charge in [-0.15, -0.1) is 11.3 Å². The number of H-pyrrole nitrogens is 1. The number of hydrogen-bond donors (Lipinski definition) is 2. The molecule has 0 aromatic carbocycles. The molecule has 8 heteroatoms. The second-order valence-corrected chi connectivity index (χ2v) is 6.94. The Morgan fingerprint density at radius 2 is 2.38 bits per heavy atom. The van der Waals surface area contributed by atoms with Gasteiger partial charge >= 0.3 is 0 Å². The van der Waals surface area contributed by atoms with E-state index in [9.17, 15) is 4.79 Å². The van der Waals surface area contributed by atoms with E-state index in [4.69, 9.17) is 0 Å². The fourth-order valence-electron chi connectivity index (χ4n) is 3.12. The fourth-order valence-corrected chi connectivity index (χ4v) is 3.85. The lowest BCUT2D eigenvalue weighted by Gasteiger charge is -2.33. The van der Waals surface area contributed by atoms with E-state index >= 15 is 0 Å². The van der Waals surface area contributed by atoms with Crippen LogP contribution in [-0.2, 0) is 4.79 Å². The number of rotatable bonds is 3. The molecule has 1 aliphatic rings. The third-order valence-corrected chi connectivity index (χ3v) is 5.11. The first-order chi connectivity index (χ1) is 11.7. The van der Waals surface area contributed by atoms with E-state index in [-0.39, 0.29) is 11.8 Å². The number of carbonyl (C=O) groups is 1. The quantitative estimate of drug-likeness (QED) is 0.764. The van der Waals surface area contributed by atoms with Crippen molar-refractivity contribution in [2.75, 3.05) is 23.3 Å². The zero-order chi connectivity index (χ0) is 16.5. The van der Waals surface area contributed by atoms with E-state index in [1.807, 2.05) is 24.4 Å². The highest BCUT2D eigenvalue weighted by atomic mass is 32.1. The van der Waals surface area contributed by atoms with Crippen LogP contribution in [0.15, 0.2) is 23.8 Å². The summed E-state index contributed by atoms with van der Waals surface area (Å²) in [5.41, 5.74) is 0.927. The summed E-state index contributed by atoms with van der Waals surface area (Å²) in [5.74, 6) is 1.45. The van der Waals surface area contributed by atoms with Crippen LogP contribution in [0.25, 0.3) is 10.2 Å². The first kappa shape index (κ1) is 15.1. The molecule has 0 saturated carbocycles. The normalized spacial score (nSPS) is 18.0. The maximum absolute atomic E-state index is 12.5. The van der Waals surface area contributed by atoms with Crippen LogP contribution in [0.1, 0.15) is 18.5 Å². The summed E-state index contributed by atoms with van der Waals surface area (Å²) in [7, 11) is 0. The molecular formula is C16H18N6OS. The van der Waals surface area contributed by atoms with Crippen LogP contribution in [0, 0.1) is 12.8 Å². The Labute approximate surface area is 143 Å². The lowest BCUT2D eigenvalue weighted by Crippen LogP contribution is -2.41. The molecule has 0 radical (unpaired) electrons. The molecule has 0 aliphatic carbocycles. The maximum Gasteiger partial charge on any atom is 0.230 e. The van der Waals surface area contributed by atoms with Crippen molar-refractivity contribution in [1.29, 1.82) is 0 Å². The predicted molar refractivity (Wildman–Crippen MR) is 94.3 cm³/mol. The van der Waals surface area contributed by atoms with Crippen molar-refractivity contribution in [1.82, 2.24) is 20.2 Å². The van der Waals surface area contributed by atoms with Gasteiger partial charge < -0.3 is 10.2 Å². The molecule has 7 nitrogen and oxygen atoms in total. The van der Waals surface area contributed by atoms with E-state index in [1.54, 1.807) is 17.7 Å². The average Bonchev–Trinajstić information content (AvgIpc) is 3.23. The second-order valence-electron chi connectivity index (χ2n) is 6.05. The molecule has 1 saturated heterocycles. The number of fused-ring (bicyclic) bond motifs is 1. The highest BCUT2D eigenvalue weighted by molar-refractivity contribution is 7.16. The molecule has 1 amide bonds. The number of nitrogens with one attached hydrogen (secondary N) is 2. The minimum Gasteiger partial charge on any atom is -0.355 e. The molecule has 0 spiro atoms. The number of thiophene rings is 1. The van der Waals surface area contributed by atoms with Gasteiger partial charge in [-0.3, -0.25) is 9.89 Å². The first-order valence-electron chi connectivity index (χ1n) is 7.97. The van der Waals surface area contributed by atoms with E-state index in [0.717, 1.165) is 41.1 Å². The summed E-state index contributed by atoms with van der Waals surface area (Å²) in [4.78, 5) is 24.5. The van der Waals surface area contributed by atoms with Gasteiger partial charge in [-0.25, -0.2) is 9.97 Å². The van der Waals surface area contributed by atoms with Crippen LogP contribution >= 0.6 is 11.3 Å². The number of carbonyl (C=O) groups excluding carboxylic acids is 1. The number of aryl methyl sites for hydroxylation is 1. The van der Waals surface area contributed by atoms with Crippen molar-refractivity contribution in [3.05, 3.63) is 29.5 Å². The number of nitrogens with zero attached hydrogens (tertiary/aromatic N) is 4. The predicted octanol–water partition coefficient (Wildman–Crippen LogP) is 2.58. The van der Waals surface area contributed by atoms with Gasteiger partial charge in [0.1, 0.15) is 17.0 Å². The van der Waals surface area contributed by atoms with Gasteiger partial charge in [-0.1, -0.05) is 0 Å². The number of amides is 1. The van der Waals surface area contributed by atoms with Gasteiger partial charge in [0.2, 0.25) is 5.91 Å². The number of aromatic amines is 1. The van der Waals surface area contributed by atoms with Gasteiger partial charge in [0.05, 0.1) is 11.3 Å². The first-order valence-corrected chi connectivity index (χ1v) is 8.85. The SMILES string of the molecule is Cc1cc(NC(=O)C2CCCN(c3ncnc4sccc34)C2)n[nH]1. The lowest BCUT2D eigenvalue weighted by molar-refractivity contribution is -0.120. The molecule has 24 heavy (non-hydrogen) atoms. The smallest absolute Gasteiger partial charge is 0.230 e. The lowest BCUT2D eigenvalue weighted by atomic mass is 9.97. The summed E-state index contributed by atoms with van der Waals surface area (Å²) < 4.78 is 0. The van der Waals surface area contributed by atoms with Crippen molar-refractivity contribution < 1.29 is 4.79 Å². The Morgan fingerprint density at radius 3 is 3.21 bits per heavy atom. The summed E-state index contributed by atoms with van der Waals surface area (Å²) in [6.07, 6.45) is 3.45. The molecule has 4 rings (SSSR count). The molecule has 4 heterocycles. The number of anilines is 2. The van der Waals surface area contributed by atoms with E-state index in [2.05, 4.69) is 30.4 Å². The van der Waals surface area contributed by atoms with E-state index in [1.165, 1.54) is 0 Å². The van der Waals surface area contributed by atoms with Crippen molar-refractivity contribution in [2.45, 2.75) is 19.8 Å². The largest absolute Gasteiger partial charge is 0.355 e. The number of piperidine rings is 1. The third-order valence-electron chi connectivity index (χ3n) is 4.29. The molecule has 2 N–H and O–H groups in total. The molecule has 124 valence electrons. The van der Waals surface area contributed by atoms with E-state index < -0.39 is 0 Å². The fraction of sp³-hybridized carbons (Fsp3) is 0.375. The average molecular weight is 342 g/mol. The van der Waals surface area contributed by atoms with Gasteiger partial charge in [-0.2, -0.15) is 5.10 Å². The summed E-state index contributed by atoms with van der Waals surface area (Å²) in [6.45, 7) is 3.48. The second kappa shape index (κ2) is 6.20. The monoisotopic (exact) mass is 342 g/mol. The van der Waals surface area contributed by atoms with Crippen LogP contribution in [0.2, 0.25) is 0 Å². The van der Waals surface area contributed by atoms with Crippen LogP contribution in [0.4, 0.5) is 11.6 Å². The van der Waals surface area contributed by atoms with Gasteiger partial charge in [0.15, 0.2) is 5.82 Å². The molecule has 0 bridgehead atoms. The zero-order valence-corrected chi connectivity index (χ0v) is 14.1. The summed E-state index contributed by atoms with van der Waals surface area (Å²) >= 11 is 1.61. The molecular weight excluding hydrogens is 324 g/mol. The highest BCUT2D eigenvalue weighted by Gasteiger charge is 2.28. The van der Waals surface area contributed by atoms with Crippen LogP contribution in [0.3, 0.4) is 0 Å². The van der Waals surface area contributed by atoms with Crippen molar-refractivity contribution in [3.63, 3.8) is 0 Å². The van der Waals surface area contributed by atoms with Crippen LogP contribution < -0.4 is 10.2 Å². The molecule has 3 aromatic rings. The van der Waals surface area contributed by atoms with Crippen LogP contribution in [0.5, 0.6) is 0 Å². The Morgan fingerprint density at radius 1 is 1.46 bits per heavy atom. The topological polar surface area (TPSA) is 86.8 Å². The Bertz CT molecular complexity index is 872. The molecule has 1 aliphatic heterocycles. The van der Waals surface area contributed by atoms with Crippen molar-refractivity contribution in [2.24, 2.45) is 5.92 Å². The van der Waals surface area contributed by atoms with Gasteiger partial charge in [0.25, 0.3) is 0 Å². The minimum absolute atomic E-state index is 0.0156. The Hall–Kier alpha value is -2.48.